The molecule has 0 aromatic rings. The highest BCUT2D eigenvalue weighted by Crippen LogP contribution is 2.67. The Balaban J connectivity index is 1.34. The second-order valence-corrected chi connectivity index (χ2v) is 14.3. The van der Waals surface area contributed by atoms with Crippen LogP contribution in [0.4, 0.5) is 4.79 Å². The van der Waals surface area contributed by atoms with E-state index in [-0.39, 0.29) is 18.8 Å². The van der Waals surface area contributed by atoms with Crippen LogP contribution in [0.25, 0.3) is 0 Å². The molecule has 3 saturated carbocycles. The number of unbranched alkanes of at least 4 members (excludes halogenated alkanes) is 2. The highest BCUT2D eigenvalue weighted by Gasteiger charge is 2.59. The number of hydrogen-bond donors (Lipinski definition) is 2. The fourth-order valence-corrected chi connectivity index (χ4v) is 9.55. The minimum atomic E-state index is -0.264. The van der Waals surface area contributed by atoms with E-state index < -0.39 is 0 Å². The molecule has 212 valence electrons. The van der Waals surface area contributed by atoms with Crippen molar-refractivity contribution in [3.63, 3.8) is 0 Å². The molecular formula is C33H57NO3. The predicted molar refractivity (Wildman–Crippen MR) is 152 cm³/mol. The van der Waals surface area contributed by atoms with Gasteiger partial charge < -0.3 is 15.2 Å². The lowest BCUT2D eigenvalue weighted by Gasteiger charge is -2.58. The first-order valence-corrected chi connectivity index (χ1v) is 15.9. The Bertz CT molecular complexity index is 792. The van der Waals surface area contributed by atoms with Crippen molar-refractivity contribution in [2.75, 3.05) is 13.2 Å². The van der Waals surface area contributed by atoms with Gasteiger partial charge in [-0.25, -0.2) is 4.79 Å². The molecule has 0 saturated heterocycles. The van der Waals surface area contributed by atoms with Crippen LogP contribution in [-0.2, 0) is 4.74 Å². The maximum atomic E-state index is 12.4. The first-order valence-electron chi connectivity index (χ1n) is 15.9. The summed E-state index contributed by atoms with van der Waals surface area (Å²) in [4.78, 5) is 12.4. The van der Waals surface area contributed by atoms with Gasteiger partial charge in [0.1, 0.15) is 6.10 Å². The van der Waals surface area contributed by atoms with E-state index in [0.717, 1.165) is 74.0 Å². The maximum absolute atomic E-state index is 12.4. The average Bonchev–Trinajstić information content (AvgIpc) is 3.21. The Morgan fingerprint density at radius 1 is 1.03 bits per heavy atom. The summed E-state index contributed by atoms with van der Waals surface area (Å²) in [6, 6.07) is 0. The lowest BCUT2D eigenvalue weighted by Crippen LogP contribution is -2.51. The summed E-state index contributed by atoms with van der Waals surface area (Å²) in [5.74, 6) is 5.15. The van der Waals surface area contributed by atoms with Gasteiger partial charge >= 0.3 is 6.09 Å². The van der Waals surface area contributed by atoms with Crippen LogP contribution < -0.4 is 5.32 Å². The summed E-state index contributed by atoms with van der Waals surface area (Å²) < 4.78 is 5.86. The van der Waals surface area contributed by atoms with Crippen molar-refractivity contribution < 1.29 is 14.6 Å². The first-order chi connectivity index (χ1) is 17.7. The number of hydrogen-bond acceptors (Lipinski definition) is 3. The molecule has 4 rings (SSSR count). The van der Waals surface area contributed by atoms with Crippen LogP contribution in [0.2, 0.25) is 0 Å². The zero-order valence-electron chi connectivity index (χ0n) is 24.7. The summed E-state index contributed by atoms with van der Waals surface area (Å²) in [7, 11) is 0. The summed E-state index contributed by atoms with van der Waals surface area (Å²) in [6.07, 6.45) is 19.2. The molecular weight excluding hydrogens is 458 g/mol. The largest absolute Gasteiger partial charge is 0.446 e. The molecule has 2 N–H and O–H groups in total. The molecule has 0 radical (unpaired) electrons. The van der Waals surface area contributed by atoms with Crippen molar-refractivity contribution in [1.29, 1.82) is 0 Å². The van der Waals surface area contributed by atoms with Crippen LogP contribution in [0.5, 0.6) is 0 Å². The van der Waals surface area contributed by atoms with Gasteiger partial charge in [-0.1, -0.05) is 65.5 Å². The van der Waals surface area contributed by atoms with Crippen molar-refractivity contribution >= 4 is 6.09 Å². The van der Waals surface area contributed by atoms with E-state index in [1.807, 2.05) is 0 Å². The van der Waals surface area contributed by atoms with E-state index >= 15 is 0 Å². The number of aliphatic hydroxyl groups is 1. The SMILES string of the molecule is CC(C)CCC[C@@H](C)[C@H]1CCC2C3CC=C4CC(OC(=O)NCCCCCO)CC[C@]4(C)C3CC[C@@]21C. The number of allylic oxidation sites excluding steroid dienone is 1. The average molecular weight is 516 g/mol. The summed E-state index contributed by atoms with van der Waals surface area (Å²) >= 11 is 0. The Hall–Kier alpha value is -1.03. The van der Waals surface area contributed by atoms with E-state index in [1.54, 1.807) is 5.57 Å². The zero-order valence-corrected chi connectivity index (χ0v) is 24.7. The van der Waals surface area contributed by atoms with Crippen LogP contribution in [0.1, 0.15) is 125 Å². The molecule has 4 nitrogen and oxygen atoms in total. The maximum Gasteiger partial charge on any atom is 0.407 e. The lowest BCUT2D eigenvalue weighted by molar-refractivity contribution is -0.0581. The topological polar surface area (TPSA) is 58.6 Å². The first kappa shape index (κ1) is 29.0. The fraction of sp³-hybridized carbons (Fsp3) is 0.909. The summed E-state index contributed by atoms with van der Waals surface area (Å²) in [6.45, 7) is 13.4. The standard InChI is InChI=1S/C33H57NO3/c1-23(2)10-9-11-24(3)28-14-15-29-27-13-12-25-22-26(37-31(36)34-20-7-6-8-21-35)16-18-32(25,4)30(27)17-19-33(28,29)5/h12,23-24,26-30,35H,6-11,13-22H2,1-5H3,(H,34,36)/t24-,26?,27?,28-,29?,30?,32+,33-/m1/s1. The molecule has 0 heterocycles. The van der Waals surface area contributed by atoms with Crippen LogP contribution >= 0.6 is 0 Å². The number of aliphatic hydroxyl groups excluding tert-OH is 1. The van der Waals surface area contributed by atoms with Crippen molar-refractivity contribution in [2.45, 2.75) is 131 Å². The van der Waals surface area contributed by atoms with Gasteiger partial charge in [0.25, 0.3) is 0 Å². The number of fused-ring (bicyclic) bond motifs is 5. The molecule has 0 aliphatic heterocycles. The van der Waals surface area contributed by atoms with Crippen molar-refractivity contribution in [3.8, 4) is 0 Å². The second kappa shape index (κ2) is 12.4. The van der Waals surface area contributed by atoms with E-state index in [4.69, 9.17) is 9.84 Å². The van der Waals surface area contributed by atoms with Crippen molar-refractivity contribution in [3.05, 3.63) is 11.6 Å². The van der Waals surface area contributed by atoms with E-state index in [1.165, 1.54) is 51.4 Å². The molecule has 4 aliphatic rings. The molecule has 3 fully saturated rings. The number of nitrogens with one attached hydrogen (secondary N) is 1. The number of ether oxygens (including phenoxy) is 1. The minimum Gasteiger partial charge on any atom is -0.446 e. The van der Waals surface area contributed by atoms with Gasteiger partial charge in [0.05, 0.1) is 0 Å². The minimum absolute atomic E-state index is 0.0183. The van der Waals surface area contributed by atoms with Gasteiger partial charge in [-0.05, 0) is 111 Å². The van der Waals surface area contributed by atoms with Gasteiger partial charge in [0, 0.05) is 19.6 Å². The van der Waals surface area contributed by atoms with Gasteiger partial charge in [-0.2, -0.15) is 0 Å². The monoisotopic (exact) mass is 515 g/mol. The quantitative estimate of drug-likeness (QED) is 0.215. The van der Waals surface area contributed by atoms with Crippen LogP contribution in [-0.4, -0.2) is 30.5 Å². The van der Waals surface area contributed by atoms with Crippen molar-refractivity contribution in [2.24, 2.45) is 46.3 Å². The van der Waals surface area contributed by atoms with Crippen LogP contribution in [0, 0.1) is 46.3 Å². The Morgan fingerprint density at radius 3 is 2.59 bits per heavy atom. The molecule has 4 aliphatic carbocycles. The fourth-order valence-electron chi connectivity index (χ4n) is 9.55. The smallest absolute Gasteiger partial charge is 0.407 e. The van der Waals surface area contributed by atoms with E-state index in [9.17, 15) is 4.79 Å². The molecule has 0 bridgehead atoms. The van der Waals surface area contributed by atoms with Gasteiger partial charge in [-0.15, -0.1) is 0 Å². The highest BCUT2D eigenvalue weighted by atomic mass is 16.6. The molecule has 1 amide bonds. The number of carbonyl (C=O) groups is 1. The van der Waals surface area contributed by atoms with Gasteiger partial charge in [0.15, 0.2) is 0 Å². The Morgan fingerprint density at radius 2 is 1.84 bits per heavy atom. The molecule has 37 heavy (non-hydrogen) atoms. The second-order valence-electron chi connectivity index (χ2n) is 14.3. The number of amides is 1. The molecule has 0 spiro atoms. The van der Waals surface area contributed by atoms with Crippen molar-refractivity contribution in [1.82, 2.24) is 5.32 Å². The lowest BCUT2D eigenvalue weighted by atomic mass is 9.47. The molecule has 4 heteroatoms. The number of carbonyl (C=O) groups excluding carboxylic acids is 1. The Kier molecular flexibility index (Phi) is 9.73. The van der Waals surface area contributed by atoms with Gasteiger partial charge in [-0.3, -0.25) is 0 Å². The third-order valence-corrected chi connectivity index (χ3v) is 11.6. The Labute approximate surface area is 227 Å². The third-order valence-electron chi connectivity index (χ3n) is 11.6. The summed E-state index contributed by atoms with van der Waals surface area (Å²) in [5.41, 5.74) is 2.42. The summed E-state index contributed by atoms with van der Waals surface area (Å²) in [5, 5.41) is 11.8. The number of rotatable bonds is 11. The highest BCUT2D eigenvalue weighted by molar-refractivity contribution is 5.67. The van der Waals surface area contributed by atoms with Gasteiger partial charge in [0.2, 0.25) is 0 Å². The van der Waals surface area contributed by atoms with Crippen LogP contribution in [0.3, 0.4) is 0 Å². The molecule has 8 atom stereocenters. The third kappa shape index (κ3) is 6.25. The number of alkyl carbamates (subject to hydrolysis) is 1. The van der Waals surface area contributed by atoms with Crippen LogP contribution in [0.15, 0.2) is 11.6 Å². The van der Waals surface area contributed by atoms with E-state index in [0.29, 0.717) is 17.4 Å². The molecule has 0 aromatic heterocycles. The normalized spacial score (nSPS) is 37.8. The molecule has 4 unspecified atom stereocenters. The van der Waals surface area contributed by atoms with E-state index in [2.05, 4.69) is 46.0 Å². The molecule has 0 aromatic carbocycles. The predicted octanol–water partition coefficient (Wildman–Crippen LogP) is 8.29. The zero-order chi connectivity index (χ0) is 26.6.